The van der Waals surface area contributed by atoms with Crippen molar-refractivity contribution in [1.29, 1.82) is 0 Å². The maximum Gasteiger partial charge on any atom is 0.412 e. The molecular weight excluding hydrogens is 734 g/mol. The number of imide groups is 1. The van der Waals surface area contributed by atoms with Crippen LogP contribution >= 0.6 is 22.6 Å². The molecule has 252 valence electrons. The molecule has 4 aromatic rings. The Bertz CT molecular complexity index is 1910. The van der Waals surface area contributed by atoms with Gasteiger partial charge in [-0.05, 0) is 98.3 Å². The highest BCUT2D eigenvalue weighted by molar-refractivity contribution is 14.1. The van der Waals surface area contributed by atoms with Crippen LogP contribution in [0.2, 0.25) is 0 Å². The predicted molar refractivity (Wildman–Crippen MR) is 189 cm³/mol. The summed E-state index contributed by atoms with van der Waals surface area (Å²) in [6.07, 6.45) is -0.302. The van der Waals surface area contributed by atoms with E-state index >= 15 is 4.39 Å². The van der Waals surface area contributed by atoms with Gasteiger partial charge in [-0.3, -0.25) is 29.2 Å². The van der Waals surface area contributed by atoms with Gasteiger partial charge in [-0.25, -0.2) is 9.18 Å². The molecule has 0 aliphatic carbocycles. The van der Waals surface area contributed by atoms with Gasteiger partial charge in [0, 0.05) is 29.3 Å². The van der Waals surface area contributed by atoms with Crippen molar-refractivity contribution in [2.24, 2.45) is 7.05 Å². The number of nitrogens with one attached hydrogen (secondary N) is 1. The number of halogens is 2. The van der Waals surface area contributed by atoms with Crippen molar-refractivity contribution in [3.63, 3.8) is 0 Å². The highest BCUT2D eigenvalue weighted by atomic mass is 127. The number of ether oxygens (including phenoxy) is 3. The molecule has 1 heterocycles. The Morgan fingerprint density at radius 3 is 2.33 bits per heavy atom. The van der Waals surface area contributed by atoms with E-state index in [1.165, 1.54) is 42.8 Å². The Morgan fingerprint density at radius 2 is 1.73 bits per heavy atom. The zero-order chi connectivity index (χ0) is 35.3. The van der Waals surface area contributed by atoms with Gasteiger partial charge in [0.1, 0.15) is 40.0 Å². The third-order valence-corrected chi connectivity index (χ3v) is 7.89. The quantitative estimate of drug-likeness (QED) is 0.134. The lowest BCUT2D eigenvalue weighted by atomic mass is 10.1. The molecule has 0 unspecified atom stereocenters. The maximum atomic E-state index is 15.3. The molecule has 0 radical (unpaired) electrons. The minimum Gasteiger partial charge on any atom is -0.497 e. The summed E-state index contributed by atoms with van der Waals surface area (Å²) in [5.41, 5.74) is 0.0481. The van der Waals surface area contributed by atoms with Gasteiger partial charge < -0.3 is 19.1 Å². The second-order valence-electron chi connectivity index (χ2n) is 11.8. The van der Waals surface area contributed by atoms with Crippen LogP contribution in [0.4, 0.5) is 26.4 Å². The van der Waals surface area contributed by atoms with Crippen LogP contribution in [-0.4, -0.2) is 47.6 Å². The van der Waals surface area contributed by atoms with Crippen molar-refractivity contribution in [3.05, 3.63) is 103 Å². The lowest BCUT2D eigenvalue weighted by Gasteiger charge is -2.28. The van der Waals surface area contributed by atoms with E-state index in [0.29, 0.717) is 32.5 Å². The standard InChI is InChI=1S/C35H36FIN4O7/c1-21-26(38-34(45)48-35(2,3)4)9-8-10-28(21)47-29-18-30(43)40(6)32(39(5)27-16-13-23(37)17-25(27)36)31(29)33(44)41(20-42)19-22-11-14-24(46-7)15-12-22/h8-18,20H,19H2,1-7H3,(H,38,45). The van der Waals surface area contributed by atoms with Gasteiger partial charge in [-0.1, -0.05) is 18.2 Å². The molecule has 3 aromatic carbocycles. The molecule has 13 heteroatoms. The lowest BCUT2D eigenvalue weighted by Crippen LogP contribution is -2.34. The average Bonchev–Trinajstić information content (AvgIpc) is 3.02. The van der Waals surface area contributed by atoms with E-state index in [0.717, 1.165) is 11.0 Å². The van der Waals surface area contributed by atoms with Crippen LogP contribution < -0.4 is 25.2 Å². The summed E-state index contributed by atoms with van der Waals surface area (Å²) < 4.78 is 34.0. The van der Waals surface area contributed by atoms with Gasteiger partial charge in [-0.15, -0.1) is 0 Å². The molecule has 0 bridgehead atoms. The fraction of sp³-hybridized carbons (Fsp3) is 0.257. The molecule has 0 spiro atoms. The smallest absolute Gasteiger partial charge is 0.412 e. The van der Waals surface area contributed by atoms with Crippen molar-refractivity contribution in [1.82, 2.24) is 9.47 Å². The minimum absolute atomic E-state index is 0.0233. The molecule has 4 rings (SSSR count). The van der Waals surface area contributed by atoms with Gasteiger partial charge in [0.05, 0.1) is 25.0 Å². The maximum absolute atomic E-state index is 15.3. The molecule has 1 aromatic heterocycles. The summed E-state index contributed by atoms with van der Waals surface area (Å²) in [5, 5.41) is 2.69. The molecule has 11 nitrogen and oxygen atoms in total. The van der Waals surface area contributed by atoms with Crippen LogP contribution in [-0.2, 0) is 23.1 Å². The highest BCUT2D eigenvalue weighted by Crippen LogP contribution is 2.38. The Labute approximate surface area is 291 Å². The Kier molecular flexibility index (Phi) is 11.1. The van der Waals surface area contributed by atoms with E-state index in [1.807, 2.05) is 22.6 Å². The molecule has 1 N–H and O–H groups in total. The van der Waals surface area contributed by atoms with E-state index in [2.05, 4.69) is 5.32 Å². The fourth-order valence-electron chi connectivity index (χ4n) is 4.83. The summed E-state index contributed by atoms with van der Waals surface area (Å²) in [6, 6.07) is 17.3. The number of amides is 3. The third-order valence-electron chi connectivity index (χ3n) is 7.22. The molecule has 0 aliphatic heterocycles. The monoisotopic (exact) mass is 770 g/mol. The number of nitrogens with zero attached hydrogens (tertiary/aromatic N) is 3. The van der Waals surface area contributed by atoms with Crippen molar-refractivity contribution >= 4 is 58.2 Å². The Morgan fingerprint density at radius 1 is 1.04 bits per heavy atom. The van der Waals surface area contributed by atoms with Gasteiger partial charge >= 0.3 is 6.09 Å². The molecule has 0 saturated carbocycles. The zero-order valence-electron chi connectivity index (χ0n) is 27.6. The van der Waals surface area contributed by atoms with Crippen LogP contribution in [0.3, 0.4) is 0 Å². The SMILES string of the molecule is COc1ccc(CN(C=O)C(=O)c2c(Oc3cccc(NC(=O)OC(C)(C)C)c3C)cc(=O)n(C)c2N(C)c2ccc(I)cc2F)cc1. The summed E-state index contributed by atoms with van der Waals surface area (Å²) in [6.45, 7) is 6.77. The van der Waals surface area contributed by atoms with Crippen LogP contribution in [0, 0.1) is 16.3 Å². The van der Waals surface area contributed by atoms with Gasteiger partial charge in [0.15, 0.2) is 0 Å². The summed E-state index contributed by atoms with van der Waals surface area (Å²) in [5.74, 6) is -0.810. The largest absolute Gasteiger partial charge is 0.497 e. The fourth-order valence-corrected chi connectivity index (χ4v) is 5.28. The number of aromatic nitrogens is 1. The number of pyridine rings is 1. The number of methoxy groups -OCH3 is 1. The predicted octanol–water partition coefficient (Wildman–Crippen LogP) is 7.15. The molecule has 0 atom stereocenters. The number of hydrogen-bond acceptors (Lipinski definition) is 8. The molecule has 0 aliphatic rings. The van der Waals surface area contributed by atoms with E-state index < -0.39 is 29.0 Å². The number of benzene rings is 3. The number of carbonyl (C=O) groups excluding carboxylic acids is 3. The van der Waals surface area contributed by atoms with Crippen molar-refractivity contribution in [3.8, 4) is 17.2 Å². The number of carbonyl (C=O) groups is 3. The van der Waals surface area contributed by atoms with Gasteiger partial charge in [-0.2, -0.15) is 0 Å². The van der Waals surface area contributed by atoms with E-state index in [-0.39, 0.29) is 35.1 Å². The highest BCUT2D eigenvalue weighted by Gasteiger charge is 2.30. The molecule has 48 heavy (non-hydrogen) atoms. The first kappa shape index (κ1) is 35.9. The summed E-state index contributed by atoms with van der Waals surface area (Å²) >= 11 is 1.98. The topological polar surface area (TPSA) is 119 Å². The van der Waals surface area contributed by atoms with E-state index in [1.54, 1.807) is 76.2 Å². The normalized spacial score (nSPS) is 11.0. The second kappa shape index (κ2) is 14.9. The first-order chi connectivity index (χ1) is 22.6. The van der Waals surface area contributed by atoms with Crippen molar-refractivity contribution in [2.45, 2.75) is 39.8 Å². The van der Waals surface area contributed by atoms with E-state index in [4.69, 9.17) is 14.2 Å². The average molecular weight is 771 g/mol. The number of rotatable bonds is 10. The Hall–Kier alpha value is -4.92. The Balaban J connectivity index is 1.87. The van der Waals surface area contributed by atoms with Crippen LogP contribution in [0.25, 0.3) is 0 Å². The van der Waals surface area contributed by atoms with Crippen LogP contribution in [0.5, 0.6) is 17.2 Å². The van der Waals surface area contributed by atoms with Gasteiger partial charge in [0.2, 0.25) is 6.41 Å². The van der Waals surface area contributed by atoms with Crippen molar-refractivity contribution < 1.29 is 33.0 Å². The minimum atomic E-state index is -0.806. The molecule has 0 saturated heterocycles. The van der Waals surface area contributed by atoms with Gasteiger partial charge in [0.25, 0.3) is 11.5 Å². The number of anilines is 3. The second-order valence-corrected chi connectivity index (χ2v) is 13.0. The zero-order valence-corrected chi connectivity index (χ0v) is 29.7. The first-order valence-electron chi connectivity index (χ1n) is 14.7. The lowest BCUT2D eigenvalue weighted by molar-refractivity contribution is -0.116. The van der Waals surface area contributed by atoms with Crippen molar-refractivity contribution in [2.75, 3.05) is 24.4 Å². The molecule has 0 fully saturated rings. The summed E-state index contributed by atoms with van der Waals surface area (Å²) in [7, 11) is 4.47. The third kappa shape index (κ3) is 8.32. The first-order valence-corrected chi connectivity index (χ1v) is 15.8. The van der Waals surface area contributed by atoms with Crippen LogP contribution in [0.1, 0.15) is 42.3 Å². The van der Waals surface area contributed by atoms with E-state index in [9.17, 15) is 19.2 Å². The molecule has 3 amide bonds. The number of hydrogen-bond donors (Lipinski definition) is 1. The summed E-state index contributed by atoms with van der Waals surface area (Å²) in [4.78, 5) is 55.1. The van der Waals surface area contributed by atoms with Crippen LogP contribution in [0.15, 0.2) is 71.5 Å². The molecular formula is C35H36FIN4O7.